The van der Waals surface area contributed by atoms with Crippen LogP contribution in [0.5, 0.6) is 0 Å². The minimum absolute atomic E-state index is 0. The molecule has 5 nitrogen and oxygen atoms in total. The van der Waals surface area contributed by atoms with Gasteiger partial charge in [0.25, 0.3) is 0 Å². The average Bonchev–Trinajstić information content (AvgIpc) is 3.18. The number of likely N-dealkylation sites (tertiary alicyclic amines) is 2. The molecule has 1 amide bonds. The van der Waals surface area contributed by atoms with Crippen molar-refractivity contribution in [1.29, 1.82) is 0 Å². The maximum atomic E-state index is 13.3. The fourth-order valence-electron chi connectivity index (χ4n) is 4.52. The van der Waals surface area contributed by atoms with Crippen LogP contribution in [0.3, 0.4) is 0 Å². The molecule has 0 aliphatic carbocycles. The number of piperidine rings is 1. The van der Waals surface area contributed by atoms with E-state index in [0.29, 0.717) is 51.1 Å². The van der Waals surface area contributed by atoms with Crippen molar-refractivity contribution in [2.75, 3.05) is 26.2 Å². The number of rotatable bonds is 5. The van der Waals surface area contributed by atoms with Crippen LogP contribution >= 0.6 is 12.4 Å². The number of aliphatic hydroxyl groups is 1. The summed E-state index contributed by atoms with van der Waals surface area (Å²) >= 11 is 0. The lowest BCUT2D eigenvalue weighted by atomic mass is 9.87. The molecule has 0 bridgehead atoms. The van der Waals surface area contributed by atoms with E-state index < -0.39 is 11.8 Å². The van der Waals surface area contributed by atoms with E-state index >= 15 is 0 Å². The number of ketones is 1. The maximum absolute atomic E-state index is 13.3. The van der Waals surface area contributed by atoms with Gasteiger partial charge in [-0.25, -0.2) is 4.39 Å². The quantitative estimate of drug-likeness (QED) is 0.717. The summed E-state index contributed by atoms with van der Waals surface area (Å²) in [6.07, 6.45) is 0.787. The zero-order valence-electron chi connectivity index (χ0n) is 17.3. The molecule has 2 saturated heterocycles. The monoisotopic (exact) mass is 446 g/mol. The molecule has 2 aromatic rings. The van der Waals surface area contributed by atoms with Gasteiger partial charge in [-0.15, -0.1) is 12.4 Å². The van der Waals surface area contributed by atoms with E-state index in [4.69, 9.17) is 0 Å². The summed E-state index contributed by atoms with van der Waals surface area (Å²) in [6, 6.07) is 15.6. The van der Waals surface area contributed by atoms with Crippen molar-refractivity contribution in [3.05, 3.63) is 71.5 Å². The third kappa shape index (κ3) is 5.50. The van der Waals surface area contributed by atoms with Gasteiger partial charge in [-0.05, 0) is 42.7 Å². The number of amides is 1. The first-order valence-corrected chi connectivity index (χ1v) is 10.5. The van der Waals surface area contributed by atoms with Gasteiger partial charge in [0.2, 0.25) is 5.91 Å². The summed E-state index contributed by atoms with van der Waals surface area (Å²) in [7, 11) is 0. The van der Waals surface area contributed by atoms with E-state index in [0.717, 1.165) is 5.56 Å². The number of benzene rings is 2. The van der Waals surface area contributed by atoms with Crippen LogP contribution in [-0.4, -0.2) is 58.9 Å². The first kappa shape index (κ1) is 23.4. The highest BCUT2D eigenvalue weighted by Crippen LogP contribution is 2.31. The van der Waals surface area contributed by atoms with Crippen LogP contribution in [0.1, 0.15) is 28.8 Å². The van der Waals surface area contributed by atoms with Gasteiger partial charge in [0.15, 0.2) is 5.78 Å². The Morgan fingerprint density at radius 3 is 2.19 bits per heavy atom. The second kappa shape index (κ2) is 10.4. The number of hydrogen-bond donors (Lipinski definition) is 1. The number of aliphatic hydroxyl groups excluding tert-OH is 1. The van der Waals surface area contributed by atoms with Crippen LogP contribution in [0.2, 0.25) is 0 Å². The Morgan fingerprint density at radius 1 is 0.935 bits per heavy atom. The number of Topliss-reactive ketones (excluding diaryl/α,β-unsaturated/α-hetero) is 1. The molecule has 2 heterocycles. The molecule has 0 saturated carbocycles. The Bertz CT molecular complexity index is 885. The SMILES string of the molecule is Cl.O=C(c1ccc(F)cc1)[C@@H]1CN(Cc2ccccc2)C[C@H]1C(=O)N1CCC(O)CC1. The fourth-order valence-corrected chi connectivity index (χ4v) is 4.52. The molecule has 0 aromatic heterocycles. The zero-order chi connectivity index (χ0) is 21.1. The van der Waals surface area contributed by atoms with Gasteiger partial charge in [-0.2, -0.15) is 0 Å². The van der Waals surface area contributed by atoms with Crippen LogP contribution in [-0.2, 0) is 11.3 Å². The summed E-state index contributed by atoms with van der Waals surface area (Å²) in [5.74, 6) is -1.40. The van der Waals surface area contributed by atoms with Gasteiger partial charge in [-0.3, -0.25) is 14.5 Å². The number of hydrogen-bond acceptors (Lipinski definition) is 4. The predicted molar refractivity (Wildman–Crippen MR) is 118 cm³/mol. The normalized spacial score (nSPS) is 22.2. The summed E-state index contributed by atoms with van der Waals surface area (Å²) < 4.78 is 13.3. The molecule has 4 rings (SSSR count). The Morgan fingerprint density at radius 2 is 1.55 bits per heavy atom. The Balaban J connectivity index is 0.00000272. The van der Waals surface area contributed by atoms with Gasteiger partial charge in [-0.1, -0.05) is 30.3 Å². The Labute approximate surface area is 188 Å². The van der Waals surface area contributed by atoms with E-state index in [1.165, 1.54) is 24.3 Å². The fraction of sp³-hybridized carbons (Fsp3) is 0.417. The summed E-state index contributed by atoms with van der Waals surface area (Å²) in [5, 5.41) is 9.76. The molecule has 0 unspecified atom stereocenters. The van der Waals surface area contributed by atoms with Crippen molar-refractivity contribution in [2.24, 2.45) is 11.8 Å². The molecule has 2 atom stereocenters. The van der Waals surface area contributed by atoms with Gasteiger partial charge >= 0.3 is 0 Å². The van der Waals surface area contributed by atoms with Crippen LogP contribution < -0.4 is 0 Å². The average molecular weight is 447 g/mol. The number of carbonyl (C=O) groups excluding carboxylic acids is 2. The lowest BCUT2D eigenvalue weighted by Crippen LogP contribution is -2.45. The van der Waals surface area contributed by atoms with Gasteiger partial charge < -0.3 is 10.0 Å². The highest BCUT2D eigenvalue weighted by molar-refractivity contribution is 6.01. The highest BCUT2D eigenvalue weighted by Gasteiger charge is 2.43. The largest absolute Gasteiger partial charge is 0.393 e. The molecule has 2 aromatic carbocycles. The zero-order valence-corrected chi connectivity index (χ0v) is 18.1. The Kier molecular flexibility index (Phi) is 7.81. The van der Waals surface area contributed by atoms with E-state index in [2.05, 4.69) is 4.90 Å². The third-order valence-corrected chi connectivity index (χ3v) is 6.20. The summed E-state index contributed by atoms with van der Waals surface area (Å²) in [5.41, 5.74) is 1.58. The molecule has 2 aliphatic rings. The molecule has 7 heteroatoms. The molecule has 2 fully saturated rings. The molecule has 166 valence electrons. The Hall–Kier alpha value is -2.28. The van der Waals surface area contributed by atoms with Gasteiger partial charge in [0.1, 0.15) is 5.82 Å². The topological polar surface area (TPSA) is 60.9 Å². The minimum Gasteiger partial charge on any atom is -0.393 e. The van der Waals surface area contributed by atoms with E-state index in [-0.39, 0.29) is 36.0 Å². The van der Waals surface area contributed by atoms with Crippen molar-refractivity contribution in [2.45, 2.75) is 25.5 Å². The van der Waals surface area contributed by atoms with Gasteiger partial charge in [0.05, 0.1) is 12.0 Å². The second-order valence-corrected chi connectivity index (χ2v) is 8.32. The van der Waals surface area contributed by atoms with E-state index in [1.807, 2.05) is 30.3 Å². The number of nitrogens with zero attached hydrogens (tertiary/aromatic N) is 2. The molecular weight excluding hydrogens is 419 g/mol. The lowest BCUT2D eigenvalue weighted by molar-refractivity contribution is -0.138. The molecular formula is C24H28ClFN2O3. The highest BCUT2D eigenvalue weighted by atomic mass is 35.5. The van der Waals surface area contributed by atoms with E-state index in [1.54, 1.807) is 4.90 Å². The van der Waals surface area contributed by atoms with Crippen molar-refractivity contribution >= 4 is 24.1 Å². The van der Waals surface area contributed by atoms with Gasteiger partial charge in [0, 0.05) is 44.2 Å². The number of carbonyl (C=O) groups is 2. The molecule has 2 aliphatic heterocycles. The standard InChI is InChI=1S/C24H27FN2O3.ClH/c25-19-8-6-18(7-9-19)23(29)21-15-26(14-17-4-2-1-3-5-17)16-22(21)24(30)27-12-10-20(28)11-13-27;/h1-9,20-22,28H,10-16H2;1H/t21-,22-;/m1./s1. The summed E-state index contributed by atoms with van der Waals surface area (Å²) in [4.78, 5) is 30.5. The van der Waals surface area contributed by atoms with Crippen LogP contribution in [0.25, 0.3) is 0 Å². The van der Waals surface area contributed by atoms with Crippen molar-refractivity contribution in [3.63, 3.8) is 0 Å². The molecule has 1 N–H and O–H groups in total. The second-order valence-electron chi connectivity index (χ2n) is 8.32. The minimum atomic E-state index is -0.460. The predicted octanol–water partition coefficient (Wildman–Crippen LogP) is 3.16. The maximum Gasteiger partial charge on any atom is 0.227 e. The number of halogens is 2. The summed E-state index contributed by atoms with van der Waals surface area (Å²) in [6.45, 7) is 2.73. The molecule has 0 radical (unpaired) electrons. The molecule has 0 spiro atoms. The smallest absolute Gasteiger partial charge is 0.227 e. The molecule has 31 heavy (non-hydrogen) atoms. The van der Waals surface area contributed by atoms with Crippen molar-refractivity contribution < 1.29 is 19.1 Å². The van der Waals surface area contributed by atoms with Crippen molar-refractivity contribution in [3.8, 4) is 0 Å². The first-order chi connectivity index (χ1) is 14.5. The van der Waals surface area contributed by atoms with E-state index in [9.17, 15) is 19.1 Å². The lowest BCUT2D eigenvalue weighted by Gasteiger charge is -2.32. The first-order valence-electron chi connectivity index (χ1n) is 10.5. The van der Waals surface area contributed by atoms with Crippen LogP contribution in [0.15, 0.2) is 54.6 Å². The third-order valence-electron chi connectivity index (χ3n) is 6.20. The van der Waals surface area contributed by atoms with Crippen molar-refractivity contribution in [1.82, 2.24) is 9.80 Å². The van der Waals surface area contributed by atoms with Crippen LogP contribution in [0, 0.1) is 17.7 Å². The van der Waals surface area contributed by atoms with Crippen LogP contribution in [0.4, 0.5) is 4.39 Å².